The molecule has 3 rings (SSSR count). The Morgan fingerprint density at radius 3 is 2.61 bits per heavy atom. The van der Waals surface area contributed by atoms with Crippen molar-refractivity contribution >= 4 is 17.7 Å². The van der Waals surface area contributed by atoms with Crippen LogP contribution in [0.15, 0.2) is 35.5 Å². The molecule has 2 amide bonds. The van der Waals surface area contributed by atoms with Crippen molar-refractivity contribution in [3.05, 3.63) is 35.9 Å². The first kappa shape index (κ1) is 15.3. The van der Waals surface area contributed by atoms with Gasteiger partial charge in [-0.1, -0.05) is 35.5 Å². The fourth-order valence-electron chi connectivity index (χ4n) is 2.90. The highest BCUT2D eigenvalue weighted by Gasteiger charge is 2.44. The Hall–Kier alpha value is -2.57. The SMILES string of the molecule is O=C(NCc1ccccc1)C1=NOC2(CCN(C(=O)O)CC2)C1. The van der Waals surface area contributed by atoms with Gasteiger partial charge in [0.05, 0.1) is 0 Å². The van der Waals surface area contributed by atoms with Gasteiger partial charge in [-0.05, 0) is 5.56 Å². The molecule has 0 atom stereocenters. The van der Waals surface area contributed by atoms with E-state index in [0.717, 1.165) is 5.56 Å². The van der Waals surface area contributed by atoms with E-state index in [1.807, 2.05) is 30.3 Å². The molecular weight excluding hydrogens is 298 g/mol. The summed E-state index contributed by atoms with van der Waals surface area (Å²) in [5.74, 6) is -0.230. The Bertz CT molecular complexity index is 621. The van der Waals surface area contributed by atoms with Gasteiger partial charge in [-0.3, -0.25) is 4.79 Å². The summed E-state index contributed by atoms with van der Waals surface area (Å²) in [5, 5.41) is 15.7. The van der Waals surface area contributed by atoms with Crippen LogP contribution in [0.3, 0.4) is 0 Å². The first-order chi connectivity index (χ1) is 11.1. The summed E-state index contributed by atoms with van der Waals surface area (Å²) in [4.78, 5) is 30.0. The van der Waals surface area contributed by atoms with Gasteiger partial charge in [0.15, 0.2) is 0 Å². The molecule has 0 aliphatic carbocycles. The molecule has 0 radical (unpaired) electrons. The van der Waals surface area contributed by atoms with Gasteiger partial charge in [-0.2, -0.15) is 0 Å². The zero-order chi connectivity index (χ0) is 16.3. The van der Waals surface area contributed by atoms with Crippen LogP contribution in [0.4, 0.5) is 4.79 Å². The zero-order valence-electron chi connectivity index (χ0n) is 12.7. The van der Waals surface area contributed by atoms with Crippen LogP contribution < -0.4 is 5.32 Å². The first-order valence-corrected chi connectivity index (χ1v) is 7.63. The summed E-state index contributed by atoms with van der Waals surface area (Å²) in [6.45, 7) is 1.26. The van der Waals surface area contributed by atoms with Crippen molar-refractivity contribution in [3.8, 4) is 0 Å². The van der Waals surface area contributed by atoms with Gasteiger partial charge >= 0.3 is 6.09 Å². The van der Waals surface area contributed by atoms with Gasteiger partial charge < -0.3 is 20.2 Å². The smallest absolute Gasteiger partial charge is 0.407 e. The Kier molecular flexibility index (Phi) is 4.18. The van der Waals surface area contributed by atoms with E-state index in [9.17, 15) is 9.59 Å². The van der Waals surface area contributed by atoms with Crippen molar-refractivity contribution < 1.29 is 19.5 Å². The van der Waals surface area contributed by atoms with Crippen molar-refractivity contribution in [2.45, 2.75) is 31.4 Å². The number of carboxylic acid groups (broad SMARTS) is 1. The first-order valence-electron chi connectivity index (χ1n) is 7.63. The fraction of sp³-hybridized carbons (Fsp3) is 0.438. The largest absolute Gasteiger partial charge is 0.465 e. The van der Waals surface area contributed by atoms with Gasteiger partial charge in [0, 0.05) is 38.9 Å². The lowest BCUT2D eigenvalue weighted by molar-refractivity contribution is -0.115. The minimum absolute atomic E-state index is 0.230. The lowest BCUT2D eigenvalue weighted by Crippen LogP contribution is -2.47. The van der Waals surface area contributed by atoms with Gasteiger partial charge in [0.1, 0.15) is 11.3 Å². The van der Waals surface area contributed by atoms with Gasteiger partial charge in [0.25, 0.3) is 5.91 Å². The summed E-state index contributed by atoms with van der Waals surface area (Å²) >= 11 is 0. The summed E-state index contributed by atoms with van der Waals surface area (Å²) in [6, 6.07) is 9.64. The molecule has 7 nitrogen and oxygen atoms in total. The van der Waals surface area contributed by atoms with E-state index in [2.05, 4.69) is 10.5 Å². The maximum absolute atomic E-state index is 12.2. The third-order valence-electron chi connectivity index (χ3n) is 4.34. The van der Waals surface area contributed by atoms with Crippen LogP contribution in [0.5, 0.6) is 0 Å². The normalized spacial score (nSPS) is 19.1. The number of hydrogen-bond donors (Lipinski definition) is 2. The number of nitrogens with zero attached hydrogens (tertiary/aromatic N) is 2. The number of carbonyl (C=O) groups excluding carboxylic acids is 1. The average molecular weight is 317 g/mol. The van der Waals surface area contributed by atoms with E-state index in [4.69, 9.17) is 9.94 Å². The van der Waals surface area contributed by atoms with E-state index in [1.54, 1.807) is 0 Å². The number of nitrogens with one attached hydrogen (secondary N) is 1. The van der Waals surface area contributed by atoms with E-state index in [-0.39, 0.29) is 5.91 Å². The second kappa shape index (κ2) is 6.28. The maximum atomic E-state index is 12.2. The molecule has 0 bridgehead atoms. The predicted molar refractivity (Wildman–Crippen MR) is 83.0 cm³/mol. The minimum atomic E-state index is -0.917. The molecule has 7 heteroatoms. The van der Waals surface area contributed by atoms with Gasteiger partial charge in [-0.15, -0.1) is 0 Å². The third-order valence-corrected chi connectivity index (χ3v) is 4.34. The quantitative estimate of drug-likeness (QED) is 0.885. The van der Waals surface area contributed by atoms with E-state index >= 15 is 0 Å². The Morgan fingerprint density at radius 2 is 1.96 bits per heavy atom. The topological polar surface area (TPSA) is 91.2 Å². The van der Waals surface area contributed by atoms with Crippen LogP contribution in [0, 0.1) is 0 Å². The van der Waals surface area contributed by atoms with Crippen molar-refractivity contribution in [2.24, 2.45) is 5.16 Å². The van der Waals surface area contributed by atoms with Gasteiger partial charge in [0.2, 0.25) is 0 Å². The van der Waals surface area contributed by atoms with E-state index < -0.39 is 11.7 Å². The van der Waals surface area contributed by atoms with Crippen LogP contribution in [0.25, 0.3) is 0 Å². The molecule has 0 unspecified atom stereocenters. The molecular formula is C16H19N3O4. The highest BCUT2D eigenvalue weighted by molar-refractivity contribution is 6.39. The van der Waals surface area contributed by atoms with Crippen LogP contribution >= 0.6 is 0 Å². The Morgan fingerprint density at radius 1 is 1.26 bits per heavy atom. The lowest BCUT2D eigenvalue weighted by Gasteiger charge is -2.35. The molecule has 1 saturated heterocycles. The summed E-state index contributed by atoms with van der Waals surface area (Å²) < 4.78 is 0. The number of hydrogen-bond acceptors (Lipinski definition) is 4. The van der Waals surface area contributed by atoms with Crippen molar-refractivity contribution in [1.82, 2.24) is 10.2 Å². The summed E-state index contributed by atoms with van der Waals surface area (Å²) in [5.41, 5.74) is 0.875. The van der Waals surface area contributed by atoms with Gasteiger partial charge in [-0.25, -0.2) is 4.79 Å². The molecule has 1 aromatic rings. The molecule has 2 heterocycles. The standard InChI is InChI=1S/C16H19N3O4/c20-14(17-11-12-4-2-1-3-5-12)13-10-16(23-18-13)6-8-19(9-7-16)15(21)22/h1-5H,6-11H2,(H,17,20)(H,21,22). The van der Waals surface area contributed by atoms with E-state index in [1.165, 1.54) is 4.90 Å². The number of carbonyl (C=O) groups is 2. The van der Waals surface area contributed by atoms with E-state index in [0.29, 0.717) is 44.6 Å². The molecule has 0 aromatic heterocycles. The number of benzene rings is 1. The van der Waals surface area contributed by atoms with Crippen LogP contribution in [0.2, 0.25) is 0 Å². The second-order valence-corrected chi connectivity index (χ2v) is 5.93. The number of oxime groups is 1. The lowest BCUT2D eigenvalue weighted by atomic mass is 9.87. The second-order valence-electron chi connectivity index (χ2n) is 5.93. The predicted octanol–water partition coefficient (Wildman–Crippen LogP) is 1.59. The van der Waals surface area contributed by atoms with Crippen LogP contribution in [-0.4, -0.2) is 46.4 Å². The molecule has 0 saturated carbocycles. The summed E-state index contributed by atoms with van der Waals surface area (Å²) in [7, 11) is 0. The van der Waals surface area contributed by atoms with Crippen molar-refractivity contribution in [1.29, 1.82) is 0 Å². The third kappa shape index (κ3) is 3.44. The average Bonchev–Trinajstić information content (AvgIpc) is 2.98. The van der Waals surface area contributed by atoms with Crippen molar-refractivity contribution in [2.75, 3.05) is 13.1 Å². The Balaban J connectivity index is 1.51. The number of likely N-dealkylation sites (tertiary alicyclic amines) is 1. The van der Waals surface area contributed by atoms with Crippen LogP contribution in [-0.2, 0) is 16.2 Å². The van der Waals surface area contributed by atoms with Crippen molar-refractivity contribution in [3.63, 3.8) is 0 Å². The monoisotopic (exact) mass is 317 g/mol. The highest BCUT2D eigenvalue weighted by atomic mass is 16.7. The highest BCUT2D eigenvalue weighted by Crippen LogP contribution is 2.34. The molecule has 122 valence electrons. The number of rotatable bonds is 3. The molecule has 23 heavy (non-hydrogen) atoms. The minimum Gasteiger partial charge on any atom is -0.465 e. The molecule has 1 fully saturated rings. The molecule has 2 N–H and O–H groups in total. The maximum Gasteiger partial charge on any atom is 0.407 e. The fourth-order valence-corrected chi connectivity index (χ4v) is 2.90. The summed E-state index contributed by atoms with van der Waals surface area (Å²) in [6.07, 6.45) is 0.622. The molecule has 1 spiro atoms. The zero-order valence-corrected chi connectivity index (χ0v) is 12.7. The molecule has 2 aliphatic rings. The number of amides is 2. The molecule has 2 aliphatic heterocycles. The molecule has 1 aromatic carbocycles. The Labute approximate surface area is 133 Å². The van der Waals surface area contributed by atoms with Crippen LogP contribution in [0.1, 0.15) is 24.8 Å². The number of piperidine rings is 1.